The summed E-state index contributed by atoms with van der Waals surface area (Å²) in [7, 11) is 0. The minimum Gasteiger partial charge on any atom is -0.393 e. The lowest BCUT2D eigenvalue weighted by Crippen LogP contribution is -2.31. The fourth-order valence-corrected chi connectivity index (χ4v) is 2.69. The summed E-state index contributed by atoms with van der Waals surface area (Å²) in [5.74, 6) is 0.361. The van der Waals surface area contributed by atoms with Gasteiger partial charge in [-0.05, 0) is 29.9 Å². The number of anilines is 1. The van der Waals surface area contributed by atoms with Crippen molar-refractivity contribution in [1.82, 2.24) is 4.90 Å². The molecule has 0 radical (unpaired) electrons. The highest BCUT2D eigenvalue weighted by molar-refractivity contribution is 5.96. The molecule has 2 rings (SSSR count). The van der Waals surface area contributed by atoms with Crippen LogP contribution in [0.5, 0.6) is 0 Å². The van der Waals surface area contributed by atoms with E-state index in [0.29, 0.717) is 11.5 Å². The number of carbonyl (C=O) groups is 1. The van der Waals surface area contributed by atoms with E-state index in [4.69, 9.17) is 5.73 Å². The van der Waals surface area contributed by atoms with Gasteiger partial charge in [0.1, 0.15) is 5.69 Å². The third-order valence-corrected chi connectivity index (χ3v) is 4.17. The Bertz CT molecular complexity index is 578. The Morgan fingerprint density at radius 3 is 2.57 bits per heavy atom. The molecule has 1 aromatic carbocycles. The van der Waals surface area contributed by atoms with Crippen molar-refractivity contribution in [3.63, 3.8) is 0 Å². The first kappa shape index (κ1) is 15.3. The number of nitrogen functional groups attached to an aromatic ring is 1. The summed E-state index contributed by atoms with van der Waals surface area (Å²) >= 11 is 0. The second-order valence-corrected chi connectivity index (χ2v) is 6.63. The molecule has 1 atom stereocenters. The molecule has 114 valence electrons. The number of likely N-dealkylation sites (tertiary alicyclic amines) is 1. The number of benzene rings is 1. The first-order chi connectivity index (χ1) is 9.70. The maximum Gasteiger partial charge on any atom is 0.292 e. The van der Waals surface area contributed by atoms with Crippen LogP contribution in [0.25, 0.3) is 0 Å². The minimum atomic E-state index is -0.547. The van der Waals surface area contributed by atoms with Crippen LogP contribution in [0.15, 0.2) is 18.2 Å². The molecule has 0 bridgehead atoms. The van der Waals surface area contributed by atoms with Crippen molar-refractivity contribution in [2.75, 3.05) is 18.8 Å². The van der Waals surface area contributed by atoms with Crippen LogP contribution >= 0.6 is 0 Å². The molecule has 1 aliphatic heterocycles. The first-order valence-electron chi connectivity index (χ1n) is 7.03. The van der Waals surface area contributed by atoms with E-state index in [9.17, 15) is 14.9 Å². The quantitative estimate of drug-likeness (QED) is 0.515. The molecule has 0 aliphatic carbocycles. The topological polar surface area (TPSA) is 89.5 Å². The standard InChI is InChI=1S/C15H21N3O3/c1-15(2,3)11-6-7-17(9-11)14(19)10-4-5-13(18(20)21)12(16)8-10/h4-5,8,11H,6-7,9,16H2,1-3H3. The molecule has 0 aromatic heterocycles. The Morgan fingerprint density at radius 1 is 1.43 bits per heavy atom. The van der Waals surface area contributed by atoms with Crippen molar-refractivity contribution in [3.05, 3.63) is 33.9 Å². The van der Waals surface area contributed by atoms with Crippen LogP contribution < -0.4 is 5.73 Å². The minimum absolute atomic E-state index is 0.0254. The number of nitro groups is 1. The molecular formula is C15H21N3O3. The van der Waals surface area contributed by atoms with Gasteiger partial charge >= 0.3 is 0 Å². The van der Waals surface area contributed by atoms with E-state index in [1.165, 1.54) is 18.2 Å². The lowest BCUT2D eigenvalue weighted by Gasteiger charge is -2.27. The second kappa shape index (κ2) is 5.35. The van der Waals surface area contributed by atoms with Crippen molar-refractivity contribution in [2.24, 2.45) is 11.3 Å². The zero-order valence-corrected chi connectivity index (χ0v) is 12.6. The van der Waals surface area contributed by atoms with Gasteiger partial charge in [-0.15, -0.1) is 0 Å². The van der Waals surface area contributed by atoms with Crippen LogP contribution in [0.4, 0.5) is 11.4 Å². The summed E-state index contributed by atoms with van der Waals surface area (Å²) < 4.78 is 0. The second-order valence-electron chi connectivity index (χ2n) is 6.63. The van der Waals surface area contributed by atoms with E-state index in [0.717, 1.165) is 19.5 Å². The molecule has 1 unspecified atom stereocenters. The van der Waals surface area contributed by atoms with E-state index in [1.807, 2.05) is 0 Å². The lowest BCUT2D eigenvalue weighted by molar-refractivity contribution is -0.383. The summed E-state index contributed by atoms with van der Waals surface area (Å²) in [6.45, 7) is 7.97. The van der Waals surface area contributed by atoms with Gasteiger partial charge in [0.15, 0.2) is 0 Å². The van der Waals surface area contributed by atoms with Crippen LogP contribution in [-0.2, 0) is 0 Å². The lowest BCUT2D eigenvalue weighted by atomic mass is 9.80. The van der Waals surface area contributed by atoms with Crippen LogP contribution in [0, 0.1) is 21.4 Å². The molecule has 21 heavy (non-hydrogen) atoms. The average molecular weight is 291 g/mol. The maximum absolute atomic E-state index is 12.5. The first-order valence-corrected chi connectivity index (χ1v) is 7.03. The third kappa shape index (κ3) is 3.15. The van der Waals surface area contributed by atoms with Crippen molar-refractivity contribution in [3.8, 4) is 0 Å². The van der Waals surface area contributed by atoms with Gasteiger partial charge in [-0.1, -0.05) is 20.8 Å². The molecule has 1 heterocycles. The van der Waals surface area contributed by atoms with Crippen LogP contribution in [0.1, 0.15) is 37.6 Å². The number of nitrogens with zero attached hydrogens (tertiary/aromatic N) is 2. The summed E-state index contributed by atoms with van der Waals surface area (Å²) in [4.78, 5) is 24.5. The number of hydrogen-bond donors (Lipinski definition) is 1. The largest absolute Gasteiger partial charge is 0.393 e. The van der Waals surface area contributed by atoms with E-state index in [2.05, 4.69) is 20.8 Å². The molecule has 1 saturated heterocycles. The Labute approximate surface area is 124 Å². The van der Waals surface area contributed by atoms with Gasteiger partial charge in [-0.2, -0.15) is 0 Å². The molecule has 1 amide bonds. The summed E-state index contributed by atoms with van der Waals surface area (Å²) in [6, 6.07) is 4.16. The number of nitro benzene ring substituents is 1. The van der Waals surface area contributed by atoms with Gasteiger partial charge in [-0.3, -0.25) is 14.9 Å². The summed E-state index contributed by atoms with van der Waals surface area (Å²) in [6.07, 6.45) is 0.984. The van der Waals surface area contributed by atoms with Crippen molar-refractivity contribution >= 4 is 17.3 Å². The number of rotatable bonds is 2. The average Bonchev–Trinajstić information content (AvgIpc) is 2.86. The highest BCUT2D eigenvalue weighted by atomic mass is 16.6. The molecule has 1 fully saturated rings. The Kier molecular flexibility index (Phi) is 3.89. The van der Waals surface area contributed by atoms with Gasteiger partial charge in [0, 0.05) is 24.7 Å². The summed E-state index contributed by atoms with van der Waals surface area (Å²) in [5.41, 5.74) is 6.08. The number of nitrogens with two attached hydrogens (primary N) is 1. The van der Waals surface area contributed by atoms with Crippen LogP contribution in [0.3, 0.4) is 0 Å². The fourth-order valence-electron chi connectivity index (χ4n) is 2.69. The molecule has 0 saturated carbocycles. The summed E-state index contributed by atoms with van der Waals surface area (Å²) in [5, 5.41) is 10.7. The predicted octanol–water partition coefficient (Wildman–Crippen LogP) is 2.69. The molecule has 6 nitrogen and oxygen atoms in total. The highest BCUT2D eigenvalue weighted by Gasteiger charge is 2.34. The molecule has 0 spiro atoms. The smallest absolute Gasteiger partial charge is 0.292 e. The Morgan fingerprint density at radius 2 is 2.10 bits per heavy atom. The van der Waals surface area contributed by atoms with E-state index in [1.54, 1.807) is 4.90 Å². The number of amides is 1. The van der Waals surface area contributed by atoms with Crippen molar-refractivity contribution in [1.29, 1.82) is 0 Å². The Hall–Kier alpha value is -2.11. The van der Waals surface area contributed by atoms with Crippen molar-refractivity contribution in [2.45, 2.75) is 27.2 Å². The van der Waals surface area contributed by atoms with Gasteiger partial charge < -0.3 is 10.6 Å². The van der Waals surface area contributed by atoms with E-state index >= 15 is 0 Å². The number of carbonyl (C=O) groups excluding carboxylic acids is 1. The predicted molar refractivity (Wildman–Crippen MR) is 81.0 cm³/mol. The monoisotopic (exact) mass is 291 g/mol. The van der Waals surface area contributed by atoms with Crippen LogP contribution in [-0.4, -0.2) is 28.8 Å². The Balaban J connectivity index is 2.15. The molecule has 1 aliphatic rings. The third-order valence-electron chi connectivity index (χ3n) is 4.17. The van der Waals surface area contributed by atoms with Crippen LogP contribution in [0.2, 0.25) is 0 Å². The molecule has 2 N–H and O–H groups in total. The van der Waals surface area contributed by atoms with Gasteiger partial charge in [-0.25, -0.2) is 0 Å². The number of hydrogen-bond acceptors (Lipinski definition) is 4. The van der Waals surface area contributed by atoms with Gasteiger partial charge in [0.2, 0.25) is 0 Å². The maximum atomic E-state index is 12.5. The zero-order valence-electron chi connectivity index (χ0n) is 12.6. The fraction of sp³-hybridized carbons (Fsp3) is 0.533. The van der Waals surface area contributed by atoms with Gasteiger partial charge in [0.25, 0.3) is 11.6 Å². The molecule has 1 aromatic rings. The zero-order chi connectivity index (χ0) is 15.8. The highest BCUT2D eigenvalue weighted by Crippen LogP contribution is 2.34. The SMILES string of the molecule is CC(C)(C)C1CCN(C(=O)c2ccc([N+](=O)[O-])c(N)c2)C1. The molecule has 6 heteroatoms. The normalized spacial score (nSPS) is 18.8. The molecular weight excluding hydrogens is 270 g/mol. The van der Waals surface area contributed by atoms with E-state index in [-0.39, 0.29) is 22.7 Å². The van der Waals surface area contributed by atoms with Gasteiger partial charge in [0.05, 0.1) is 4.92 Å². The van der Waals surface area contributed by atoms with Crippen molar-refractivity contribution < 1.29 is 9.72 Å². The van der Waals surface area contributed by atoms with E-state index < -0.39 is 4.92 Å².